The van der Waals surface area contributed by atoms with Crippen LogP contribution in [0.2, 0.25) is 0 Å². The van der Waals surface area contributed by atoms with Gasteiger partial charge in [0.1, 0.15) is 0 Å². The molecule has 1 unspecified atom stereocenters. The van der Waals surface area contributed by atoms with Crippen LogP contribution >= 0.6 is 11.3 Å². The molecular weight excluding hydrogens is 343 g/mol. The molecule has 1 nitrogen and oxygen atoms in total. The van der Waals surface area contributed by atoms with E-state index in [9.17, 15) is 0 Å². The summed E-state index contributed by atoms with van der Waals surface area (Å²) in [4.78, 5) is 1.34. The van der Waals surface area contributed by atoms with Gasteiger partial charge in [0.15, 0.2) is 0 Å². The van der Waals surface area contributed by atoms with Gasteiger partial charge >= 0.3 is 72.5 Å². The Labute approximate surface area is 109 Å². The largest absolute Gasteiger partial charge is 1.00 e. The summed E-state index contributed by atoms with van der Waals surface area (Å²) in [5.74, 6) is 0. The molecule has 2 N–H and O–H groups in total. The summed E-state index contributed by atoms with van der Waals surface area (Å²) >= 11 is 3.22. The Bertz CT molecular complexity index is 204. The van der Waals surface area contributed by atoms with Gasteiger partial charge in [-0.25, -0.2) is 0 Å². The van der Waals surface area contributed by atoms with E-state index in [4.69, 9.17) is 5.73 Å². The molecule has 0 aliphatic carbocycles. The third-order valence-electron chi connectivity index (χ3n) is 1.11. The van der Waals surface area contributed by atoms with E-state index in [-0.39, 0.29) is 43.3 Å². The van der Waals surface area contributed by atoms with E-state index in [1.165, 1.54) is 31.0 Å². The maximum Gasteiger partial charge on any atom is -1.00 e. The van der Waals surface area contributed by atoms with E-state index < -0.39 is 0 Å². The summed E-state index contributed by atoms with van der Waals surface area (Å²) in [7, 11) is 0. The number of hydrogen-bond donors (Lipinski definition) is 1. The van der Waals surface area contributed by atoms with E-state index >= 15 is 0 Å². The normalized spacial score (nSPS) is 10.3. The number of nitrogens with two attached hydrogens (primary N) is 1. The molecule has 0 spiro atoms. The van der Waals surface area contributed by atoms with Crippen LogP contribution in [0, 0.1) is 0 Å². The first-order valence-corrected chi connectivity index (χ1v) is 5.07. The molecule has 0 saturated carbocycles. The van der Waals surface area contributed by atoms with Gasteiger partial charge in [-0.1, -0.05) is 0 Å². The SMILES string of the molecule is CC(N)c1scc[c]1[Sn+3].[Cl-].[Cl-].[Cl-]. The van der Waals surface area contributed by atoms with Crippen molar-refractivity contribution in [3.05, 3.63) is 16.3 Å². The van der Waals surface area contributed by atoms with Gasteiger partial charge in [-0.15, -0.1) is 0 Å². The first kappa shape index (κ1) is 19.0. The van der Waals surface area contributed by atoms with Crippen molar-refractivity contribution in [3.63, 3.8) is 0 Å². The predicted octanol–water partition coefficient (Wildman–Crippen LogP) is -8.43. The van der Waals surface area contributed by atoms with E-state index in [1.54, 1.807) is 11.3 Å². The zero-order valence-electron chi connectivity index (χ0n) is 6.35. The van der Waals surface area contributed by atoms with Crippen LogP contribution in [0.1, 0.15) is 17.8 Å². The molecule has 0 radical (unpaired) electrons. The van der Waals surface area contributed by atoms with Crippen molar-refractivity contribution >= 4 is 37.4 Å². The van der Waals surface area contributed by atoms with Gasteiger partial charge in [0.2, 0.25) is 0 Å². The predicted molar refractivity (Wildman–Crippen MR) is 42.3 cm³/mol. The Balaban J connectivity index is -0.000000270. The van der Waals surface area contributed by atoms with Crippen LogP contribution < -0.4 is 46.5 Å². The molecule has 0 aliphatic heterocycles. The van der Waals surface area contributed by atoms with Gasteiger partial charge in [0.25, 0.3) is 0 Å². The van der Waals surface area contributed by atoms with Gasteiger partial charge in [-0.05, 0) is 0 Å². The Morgan fingerprint density at radius 2 is 1.92 bits per heavy atom. The first-order chi connectivity index (χ1) is 4.22. The van der Waals surface area contributed by atoms with Crippen LogP contribution in [0.5, 0.6) is 0 Å². The summed E-state index contributed by atoms with van der Waals surface area (Å²) in [5, 5.41) is 2.10. The van der Waals surface area contributed by atoms with E-state index in [0.29, 0.717) is 0 Å². The van der Waals surface area contributed by atoms with Crippen LogP contribution in [-0.2, 0) is 0 Å². The minimum absolute atomic E-state index is 0. The van der Waals surface area contributed by atoms with Crippen molar-refractivity contribution in [3.8, 4) is 0 Å². The van der Waals surface area contributed by atoms with Crippen molar-refractivity contribution in [1.29, 1.82) is 0 Å². The van der Waals surface area contributed by atoms with E-state index in [0.717, 1.165) is 0 Å². The smallest absolute Gasteiger partial charge is 1.00 e. The minimum Gasteiger partial charge on any atom is -1.00 e. The Morgan fingerprint density at radius 1 is 1.42 bits per heavy atom. The Kier molecular flexibility index (Phi) is 14.1. The van der Waals surface area contributed by atoms with Gasteiger partial charge in [0.05, 0.1) is 0 Å². The maximum absolute atomic E-state index is 5.68. The molecule has 0 amide bonds. The number of halogens is 3. The van der Waals surface area contributed by atoms with Crippen LogP contribution in [0.3, 0.4) is 0 Å². The fourth-order valence-electron chi connectivity index (χ4n) is 0.674. The number of hydrogen-bond acceptors (Lipinski definition) is 2. The molecule has 68 valence electrons. The van der Waals surface area contributed by atoms with E-state index in [1.807, 2.05) is 6.92 Å². The third-order valence-corrected chi connectivity index (χ3v) is 3.99. The molecule has 0 aromatic carbocycles. The van der Waals surface area contributed by atoms with Gasteiger partial charge < -0.3 is 37.2 Å². The molecule has 1 aromatic rings. The molecule has 0 fully saturated rings. The molecule has 1 aromatic heterocycles. The molecule has 1 atom stereocenters. The van der Waals surface area contributed by atoms with Crippen molar-refractivity contribution in [1.82, 2.24) is 0 Å². The Hall–Kier alpha value is 1.33. The molecule has 0 aliphatic rings. The Morgan fingerprint density at radius 3 is 2.08 bits per heavy atom. The minimum atomic E-state index is 0. The second-order valence-electron chi connectivity index (χ2n) is 1.99. The number of thiophene rings is 1. The molecule has 12 heavy (non-hydrogen) atoms. The fraction of sp³-hybridized carbons (Fsp3) is 0.333. The van der Waals surface area contributed by atoms with Gasteiger partial charge in [-0.3, -0.25) is 0 Å². The second-order valence-corrected chi connectivity index (χ2v) is 4.47. The molecule has 6 heteroatoms. The van der Waals surface area contributed by atoms with E-state index in [2.05, 4.69) is 11.4 Å². The standard InChI is InChI=1S/C6H8NS.3ClH.Sn/c1-5(7)6-3-2-4-8-6;;;;/h2,4-5H,7H2,1H3;3*1H;/q;;;;+3/p-3. The summed E-state index contributed by atoms with van der Waals surface area (Å²) in [6.45, 7) is 2.03. The summed E-state index contributed by atoms with van der Waals surface area (Å²) in [5.41, 5.74) is 5.68. The van der Waals surface area contributed by atoms with Gasteiger partial charge in [0, 0.05) is 0 Å². The topological polar surface area (TPSA) is 26.0 Å². The fourth-order valence-corrected chi connectivity index (χ4v) is 3.17. The molecule has 1 heterocycles. The molecule has 0 bridgehead atoms. The van der Waals surface area contributed by atoms with Crippen molar-refractivity contribution in [2.24, 2.45) is 5.73 Å². The average molecular weight is 351 g/mol. The van der Waals surface area contributed by atoms with Crippen molar-refractivity contribution in [2.45, 2.75) is 13.0 Å². The van der Waals surface area contributed by atoms with Crippen molar-refractivity contribution in [2.75, 3.05) is 0 Å². The van der Waals surface area contributed by atoms with Crippen LogP contribution in [0.4, 0.5) is 0 Å². The third kappa shape index (κ3) is 5.14. The average Bonchev–Trinajstić information content (AvgIpc) is 2.13. The van der Waals surface area contributed by atoms with Crippen LogP contribution in [0.15, 0.2) is 11.4 Å². The zero-order chi connectivity index (χ0) is 6.85. The van der Waals surface area contributed by atoms with Crippen molar-refractivity contribution < 1.29 is 37.2 Å². The number of rotatable bonds is 1. The zero-order valence-corrected chi connectivity index (χ0v) is 12.3. The maximum atomic E-state index is 5.68. The summed E-state index contributed by atoms with van der Waals surface area (Å²) in [6.07, 6.45) is 0. The monoisotopic (exact) mass is 351 g/mol. The molecule has 1 rings (SSSR count). The van der Waals surface area contributed by atoms with Crippen LogP contribution in [-0.4, -0.2) is 22.5 Å². The first-order valence-electron chi connectivity index (χ1n) is 2.76. The summed E-state index contributed by atoms with van der Waals surface area (Å²) < 4.78 is 1.40. The second kappa shape index (κ2) is 8.91. The summed E-state index contributed by atoms with van der Waals surface area (Å²) in [6, 6.07) is 2.36. The molecule has 0 saturated heterocycles. The van der Waals surface area contributed by atoms with Crippen LogP contribution in [0.25, 0.3) is 0 Å². The quantitative estimate of drug-likeness (QED) is 0.500. The van der Waals surface area contributed by atoms with Gasteiger partial charge in [-0.2, -0.15) is 0 Å². The molecular formula is C6H8Cl3NSSn.